The summed E-state index contributed by atoms with van der Waals surface area (Å²) in [5.74, 6) is 0.531. The SMILES string of the molecule is CCNC(=NCCC(=O)NC(C)CC)N1CCN(S(=O)(=O)Cc2ccon2)CC1.I. The van der Waals surface area contributed by atoms with E-state index in [1.807, 2.05) is 25.7 Å². The van der Waals surface area contributed by atoms with E-state index in [0.717, 1.165) is 6.42 Å². The van der Waals surface area contributed by atoms with Crippen LogP contribution in [-0.4, -0.2) is 80.0 Å². The number of piperazine rings is 1. The molecule has 2 heterocycles. The second-order valence-corrected chi connectivity index (χ2v) is 8.96. The van der Waals surface area contributed by atoms with Crippen LogP contribution in [0, 0.1) is 0 Å². The topological polar surface area (TPSA) is 120 Å². The number of nitrogens with one attached hydrogen (secondary N) is 2. The number of amides is 1. The number of rotatable bonds is 9. The number of carbonyl (C=O) groups is 1. The molecule has 1 atom stereocenters. The van der Waals surface area contributed by atoms with E-state index in [2.05, 4.69) is 20.8 Å². The summed E-state index contributed by atoms with van der Waals surface area (Å²) in [6.07, 6.45) is 2.58. The van der Waals surface area contributed by atoms with Crippen LogP contribution in [0.5, 0.6) is 0 Å². The zero-order valence-corrected chi connectivity index (χ0v) is 21.0. The van der Waals surface area contributed by atoms with Crippen molar-refractivity contribution in [3.63, 3.8) is 0 Å². The van der Waals surface area contributed by atoms with Crippen molar-refractivity contribution in [1.29, 1.82) is 0 Å². The Hall–Kier alpha value is -1.41. The highest BCUT2D eigenvalue weighted by Gasteiger charge is 2.29. The summed E-state index contributed by atoms with van der Waals surface area (Å²) in [4.78, 5) is 18.5. The summed E-state index contributed by atoms with van der Waals surface area (Å²) in [6, 6.07) is 1.72. The van der Waals surface area contributed by atoms with Gasteiger partial charge in [-0.1, -0.05) is 12.1 Å². The highest BCUT2D eigenvalue weighted by atomic mass is 127. The molecule has 1 fully saturated rings. The highest BCUT2D eigenvalue weighted by Crippen LogP contribution is 2.13. The van der Waals surface area contributed by atoms with Gasteiger partial charge in [0.1, 0.15) is 12.0 Å². The van der Waals surface area contributed by atoms with Gasteiger partial charge in [-0.15, -0.1) is 24.0 Å². The zero-order chi connectivity index (χ0) is 21.3. The highest BCUT2D eigenvalue weighted by molar-refractivity contribution is 14.0. The maximum Gasteiger partial charge on any atom is 0.222 e. The number of hydrogen-bond donors (Lipinski definition) is 2. The van der Waals surface area contributed by atoms with Crippen molar-refractivity contribution in [2.75, 3.05) is 39.3 Å². The molecule has 172 valence electrons. The van der Waals surface area contributed by atoms with Crippen LogP contribution in [0.15, 0.2) is 21.8 Å². The third kappa shape index (κ3) is 8.38. The molecule has 1 aliphatic rings. The number of nitrogens with zero attached hydrogens (tertiary/aromatic N) is 4. The van der Waals surface area contributed by atoms with Crippen molar-refractivity contribution in [2.45, 2.75) is 45.4 Å². The van der Waals surface area contributed by atoms with Crippen LogP contribution in [0.4, 0.5) is 0 Å². The third-order valence-electron chi connectivity index (χ3n) is 4.71. The minimum absolute atomic E-state index is 0. The predicted octanol–water partition coefficient (Wildman–Crippen LogP) is 1.01. The van der Waals surface area contributed by atoms with E-state index in [4.69, 9.17) is 4.52 Å². The van der Waals surface area contributed by atoms with Gasteiger partial charge in [0.2, 0.25) is 15.9 Å². The van der Waals surface area contributed by atoms with E-state index < -0.39 is 10.0 Å². The molecule has 0 bridgehead atoms. The van der Waals surface area contributed by atoms with Crippen molar-refractivity contribution < 1.29 is 17.7 Å². The Morgan fingerprint density at radius 1 is 1.30 bits per heavy atom. The van der Waals surface area contributed by atoms with E-state index in [0.29, 0.717) is 57.3 Å². The van der Waals surface area contributed by atoms with Crippen molar-refractivity contribution in [2.24, 2.45) is 4.99 Å². The molecule has 0 aliphatic carbocycles. The molecule has 1 aromatic heterocycles. The molecule has 1 unspecified atom stereocenters. The van der Waals surface area contributed by atoms with E-state index in [9.17, 15) is 13.2 Å². The van der Waals surface area contributed by atoms with Gasteiger partial charge >= 0.3 is 0 Å². The molecule has 12 heteroatoms. The first-order valence-corrected chi connectivity index (χ1v) is 11.7. The van der Waals surface area contributed by atoms with Crippen LogP contribution < -0.4 is 10.6 Å². The van der Waals surface area contributed by atoms with Crippen LogP contribution in [0.2, 0.25) is 0 Å². The Bertz CT molecular complexity index is 764. The van der Waals surface area contributed by atoms with Crippen LogP contribution in [0.25, 0.3) is 0 Å². The minimum Gasteiger partial charge on any atom is -0.364 e. The summed E-state index contributed by atoms with van der Waals surface area (Å²) >= 11 is 0. The molecule has 0 saturated carbocycles. The fourth-order valence-electron chi connectivity index (χ4n) is 2.91. The predicted molar refractivity (Wildman–Crippen MR) is 126 cm³/mol. The first kappa shape index (κ1) is 26.6. The quantitative estimate of drug-likeness (QED) is 0.265. The molecule has 30 heavy (non-hydrogen) atoms. The van der Waals surface area contributed by atoms with Gasteiger partial charge < -0.3 is 20.1 Å². The number of halogens is 1. The molecule has 0 aromatic carbocycles. The number of aliphatic imine (C=N–C) groups is 1. The Balaban J connectivity index is 0.00000450. The zero-order valence-electron chi connectivity index (χ0n) is 17.8. The summed E-state index contributed by atoms with van der Waals surface area (Å²) < 4.78 is 31.3. The number of carbonyl (C=O) groups excluding carboxylic acids is 1. The molecular weight excluding hydrogens is 523 g/mol. The fraction of sp³-hybridized carbons (Fsp3) is 0.722. The second kappa shape index (κ2) is 13.1. The summed E-state index contributed by atoms with van der Waals surface area (Å²) in [5.41, 5.74) is 0.401. The minimum atomic E-state index is -3.44. The maximum absolute atomic E-state index is 12.6. The molecular formula is C18H33IN6O4S. The van der Waals surface area contributed by atoms with Crippen LogP contribution in [0.3, 0.4) is 0 Å². The number of guanidine groups is 1. The lowest BCUT2D eigenvalue weighted by atomic mass is 10.2. The van der Waals surface area contributed by atoms with Crippen LogP contribution in [0.1, 0.15) is 39.3 Å². The second-order valence-electron chi connectivity index (χ2n) is 7.00. The van der Waals surface area contributed by atoms with Gasteiger partial charge in [-0.2, -0.15) is 4.31 Å². The van der Waals surface area contributed by atoms with Gasteiger partial charge in [-0.25, -0.2) is 8.42 Å². The molecule has 2 rings (SSSR count). The molecule has 0 radical (unpaired) electrons. The van der Waals surface area contributed by atoms with Crippen LogP contribution >= 0.6 is 24.0 Å². The Labute approximate surface area is 195 Å². The Kier molecular flexibility index (Phi) is 11.6. The fourth-order valence-corrected chi connectivity index (χ4v) is 4.33. The molecule has 1 aromatic rings. The van der Waals surface area contributed by atoms with Crippen molar-refractivity contribution >= 4 is 45.9 Å². The van der Waals surface area contributed by atoms with Gasteiger partial charge in [0, 0.05) is 51.3 Å². The van der Waals surface area contributed by atoms with E-state index >= 15 is 0 Å². The third-order valence-corrected chi connectivity index (χ3v) is 6.52. The molecule has 10 nitrogen and oxygen atoms in total. The number of hydrogen-bond acceptors (Lipinski definition) is 6. The van der Waals surface area contributed by atoms with Crippen molar-refractivity contribution in [3.8, 4) is 0 Å². The largest absolute Gasteiger partial charge is 0.364 e. The van der Waals surface area contributed by atoms with Gasteiger partial charge in [0.05, 0.1) is 12.2 Å². The van der Waals surface area contributed by atoms with Gasteiger partial charge in [-0.05, 0) is 20.3 Å². The van der Waals surface area contributed by atoms with Gasteiger partial charge in [0.15, 0.2) is 5.96 Å². The first-order valence-electron chi connectivity index (χ1n) is 10.1. The lowest BCUT2D eigenvalue weighted by Crippen LogP contribution is -2.54. The summed E-state index contributed by atoms with van der Waals surface area (Å²) in [5, 5.41) is 9.83. The molecule has 2 N–H and O–H groups in total. The normalized spacial score (nSPS) is 16.6. The Morgan fingerprint density at radius 3 is 2.57 bits per heavy atom. The lowest BCUT2D eigenvalue weighted by molar-refractivity contribution is -0.121. The van der Waals surface area contributed by atoms with Crippen LogP contribution in [-0.2, 0) is 20.6 Å². The number of aromatic nitrogens is 1. The average molecular weight is 556 g/mol. The Morgan fingerprint density at radius 2 is 2.00 bits per heavy atom. The van der Waals surface area contributed by atoms with Crippen molar-refractivity contribution in [1.82, 2.24) is 25.0 Å². The first-order chi connectivity index (χ1) is 13.9. The maximum atomic E-state index is 12.6. The lowest BCUT2D eigenvalue weighted by Gasteiger charge is -2.35. The average Bonchev–Trinajstić information content (AvgIpc) is 3.19. The van der Waals surface area contributed by atoms with E-state index in [1.165, 1.54) is 10.6 Å². The smallest absolute Gasteiger partial charge is 0.222 e. The van der Waals surface area contributed by atoms with Gasteiger partial charge in [-0.3, -0.25) is 9.79 Å². The summed E-state index contributed by atoms with van der Waals surface area (Å²) in [6.45, 7) is 8.87. The molecule has 1 saturated heterocycles. The summed E-state index contributed by atoms with van der Waals surface area (Å²) in [7, 11) is -3.44. The number of sulfonamides is 1. The van der Waals surface area contributed by atoms with Crippen molar-refractivity contribution in [3.05, 3.63) is 18.0 Å². The van der Waals surface area contributed by atoms with E-state index in [1.54, 1.807) is 6.07 Å². The van der Waals surface area contributed by atoms with Gasteiger partial charge in [0.25, 0.3) is 0 Å². The molecule has 1 aliphatic heterocycles. The molecule has 1 amide bonds. The molecule has 0 spiro atoms. The standard InChI is InChI=1S/C18H32N6O4S.HI/c1-4-15(3)21-17(25)6-8-20-18(19-5-2)23-9-11-24(12-10-23)29(26,27)14-16-7-13-28-22-16;/h7,13,15H,4-6,8-12,14H2,1-3H3,(H,19,20)(H,21,25);1H. The van der Waals surface area contributed by atoms with E-state index in [-0.39, 0.29) is 41.7 Å². The monoisotopic (exact) mass is 556 g/mol.